The number of urea groups is 1. The molecule has 2 aliphatic heterocycles. The summed E-state index contributed by atoms with van der Waals surface area (Å²) in [6.45, 7) is 4.40. The summed E-state index contributed by atoms with van der Waals surface area (Å²) in [4.78, 5) is 25.8. The van der Waals surface area contributed by atoms with Crippen molar-refractivity contribution < 1.29 is 9.53 Å². The fraction of sp³-hybridized carbons (Fsp3) is 0.706. The molecule has 0 radical (unpaired) electrons. The van der Waals surface area contributed by atoms with E-state index in [4.69, 9.17) is 9.72 Å². The number of ether oxygens (including phenoxy) is 1. The van der Waals surface area contributed by atoms with Gasteiger partial charge in [0.25, 0.3) is 0 Å². The molecule has 1 saturated heterocycles. The summed E-state index contributed by atoms with van der Waals surface area (Å²) < 4.78 is 5.39. The third-order valence-corrected chi connectivity index (χ3v) is 5.20. The Morgan fingerprint density at radius 1 is 1.21 bits per heavy atom. The van der Waals surface area contributed by atoms with Crippen molar-refractivity contribution in [3.8, 4) is 0 Å². The lowest BCUT2D eigenvalue weighted by molar-refractivity contribution is 0.122. The summed E-state index contributed by atoms with van der Waals surface area (Å²) in [6.07, 6.45) is 7.43. The third kappa shape index (κ3) is 3.31. The van der Waals surface area contributed by atoms with E-state index in [2.05, 4.69) is 15.2 Å². The molecule has 0 atom stereocenters. The molecule has 7 heteroatoms. The Morgan fingerprint density at radius 2 is 2.00 bits per heavy atom. The van der Waals surface area contributed by atoms with Gasteiger partial charge < -0.3 is 19.9 Å². The smallest absolute Gasteiger partial charge is 0.317 e. The van der Waals surface area contributed by atoms with Crippen molar-refractivity contribution in [3.63, 3.8) is 0 Å². The fourth-order valence-corrected chi connectivity index (χ4v) is 3.72. The van der Waals surface area contributed by atoms with Crippen molar-refractivity contribution in [1.29, 1.82) is 0 Å². The zero-order valence-corrected chi connectivity index (χ0v) is 14.0. The van der Waals surface area contributed by atoms with Gasteiger partial charge in [0.15, 0.2) is 0 Å². The Labute approximate surface area is 142 Å². The number of rotatable bonds is 2. The quantitative estimate of drug-likeness (QED) is 0.885. The number of morpholine rings is 1. The van der Waals surface area contributed by atoms with E-state index in [1.165, 1.54) is 12.8 Å². The third-order valence-electron chi connectivity index (χ3n) is 5.20. The van der Waals surface area contributed by atoms with Crippen LogP contribution < -0.4 is 10.2 Å². The Balaban J connectivity index is 1.43. The number of nitrogens with zero attached hydrogens (tertiary/aromatic N) is 4. The Kier molecular flexibility index (Phi) is 4.51. The highest BCUT2D eigenvalue weighted by Crippen LogP contribution is 2.21. The van der Waals surface area contributed by atoms with Crippen molar-refractivity contribution in [2.45, 2.75) is 44.7 Å². The molecule has 4 rings (SSSR count). The second-order valence-electron chi connectivity index (χ2n) is 6.84. The van der Waals surface area contributed by atoms with Crippen LogP contribution in [0, 0.1) is 0 Å². The molecule has 2 amide bonds. The Morgan fingerprint density at radius 3 is 2.79 bits per heavy atom. The van der Waals surface area contributed by atoms with Gasteiger partial charge in [-0.3, -0.25) is 0 Å². The summed E-state index contributed by atoms with van der Waals surface area (Å²) in [5.74, 6) is 0.759. The van der Waals surface area contributed by atoms with E-state index >= 15 is 0 Å². The van der Waals surface area contributed by atoms with Gasteiger partial charge in [-0.2, -0.15) is 0 Å². The summed E-state index contributed by atoms with van der Waals surface area (Å²) in [6, 6.07) is 0.410. The van der Waals surface area contributed by atoms with Crippen LogP contribution in [0.1, 0.15) is 36.9 Å². The number of anilines is 1. The van der Waals surface area contributed by atoms with E-state index in [1.807, 2.05) is 11.1 Å². The van der Waals surface area contributed by atoms with Gasteiger partial charge in [0.1, 0.15) is 0 Å². The van der Waals surface area contributed by atoms with Crippen LogP contribution in [-0.4, -0.2) is 59.8 Å². The van der Waals surface area contributed by atoms with Gasteiger partial charge >= 0.3 is 6.03 Å². The van der Waals surface area contributed by atoms with Gasteiger partial charge in [-0.1, -0.05) is 12.8 Å². The monoisotopic (exact) mass is 331 g/mol. The maximum absolute atomic E-state index is 12.5. The average Bonchev–Trinajstić information content (AvgIpc) is 3.14. The van der Waals surface area contributed by atoms with Gasteiger partial charge in [-0.15, -0.1) is 0 Å². The molecule has 0 bridgehead atoms. The second kappa shape index (κ2) is 6.93. The van der Waals surface area contributed by atoms with Crippen molar-refractivity contribution in [2.75, 3.05) is 37.7 Å². The van der Waals surface area contributed by atoms with Gasteiger partial charge in [0, 0.05) is 31.9 Å². The van der Waals surface area contributed by atoms with Crippen LogP contribution in [-0.2, 0) is 17.7 Å². The molecular weight excluding hydrogens is 306 g/mol. The van der Waals surface area contributed by atoms with Crippen molar-refractivity contribution in [3.05, 3.63) is 17.5 Å². The lowest BCUT2D eigenvalue weighted by Crippen LogP contribution is -2.46. The summed E-state index contributed by atoms with van der Waals surface area (Å²) in [7, 11) is 0. The minimum atomic E-state index is 0.0547. The number of carbonyl (C=O) groups is 1. The molecule has 3 aliphatic rings. The lowest BCUT2D eigenvalue weighted by Gasteiger charge is -2.31. The summed E-state index contributed by atoms with van der Waals surface area (Å²) in [5, 5.41) is 3.17. The van der Waals surface area contributed by atoms with Crippen LogP contribution in [0.4, 0.5) is 10.7 Å². The number of hydrogen-bond acceptors (Lipinski definition) is 5. The van der Waals surface area contributed by atoms with Crippen LogP contribution in [0.3, 0.4) is 0 Å². The highest BCUT2D eigenvalue weighted by atomic mass is 16.5. The molecule has 130 valence electrons. The maximum atomic E-state index is 12.5. The van der Waals surface area contributed by atoms with E-state index in [9.17, 15) is 4.79 Å². The topological polar surface area (TPSA) is 70.6 Å². The molecule has 3 heterocycles. The highest BCUT2D eigenvalue weighted by Gasteiger charge is 2.26. The predicted molar refractivity (Wildman–Crippen MR) is 90.0 cm³/mol. The normalized spacial score (nSPS) is 21.7. The van der Waals surface area contributed by atoms with E-state index in [0.717, 1.165) is 69.3 Å². The van der Waals surface area contributed by atoms with E-state index in [1.54, 1.807) is 0 Å². The zero-order valence-electron chi connectivity index (χ0n) is 14.0. The van der Waals surface area contributed by atoms with E-state index < -0.39 is 0 Å². The molecule has 24 heavy (non-hydrogen) atoms. The molecule has 7 nitrogen and oxygen atoms in total. The molecule has 0 aromatic carbocycles. The Bertz CT molecular complexity index is 597. The zero-order chi connectivity index (χ0) is 16.4. The van der Waals surface area contributed by atoms with Crippen molar-refractivity contribution in [2.24, 2.45) is 0 Å². The molecule has 1 aliphatic carbocycles. The van der Waals surface area contributed by atoms with Crippen LogP contribution in [0.5, 0.6) is 0 Å². The Hall–Kier alpha value is -1.89. The van der Waals surface area contributed by atoms with Gasteiger partial charge in [-0.25, -0.2) is 14.8 Å². The molecule has 2 fully saturated rings. The largest absolute Gasteiger partial charge is 0.378 e. The molecule has 1 saturated carbocycles. The predicted octanol–water partition coefficient (Wildman–Crippen LogP) is 1.32. The molecule has 0 spiro atoms. The van der Waals surface area contributed by atoms with Crippen LogP contribution in [0.25, 0.3) is 0 Å². The highest BCUT2D eigenvalue weighted by molar-refractivity contribution is 5.74. The minimum absolute atomic E-state index is 0.0547. The first kappa shape index (κ1) is 15.6. The molecule has 0 unspecified atom stereocenters. The van der Waals surface area contributed by atoms with Gasteiger partial charge in [0.05, 0.1) is 25.5 Å². The first-order chi connectivity index (χ1) is 11.8. The van der Waals surface area contributed by atoms with E-state index in [0.29, 0.717) is 12.6 Å². The van der Waals surface area contributed by atoms with Crippen LogP contribution >= 0.6 is 0 Å². The number of fused-ring (bicyclic) bond motifs is 1. The minimum Gasteiger partial charge on any atom is -0.378 e. The van der Waals surface area contributed by atoms with Gasteiger partial charge in [-0.05, 0) is 24.8 Å². The number of carbonyl (C=O) groups excluding carboxylic acids is 1. The summed E-state index contributed by atoms with van der Waals surface area (Å²) in [5.41, 5.74) is 2.15. The standard InChI is InChI=1S/C17H25N5O2/c23-17(19-14-3-1-2-4-14)22-6-5-13-11-18-16(20-15(13)12-22)21-7-9-24-10-8-21/h11,14H,1-10,12H2,(H,19,23). The van der Waals surface area contributed by atoms with Crippen LogP contribution in [0.15, 0.2) is 6.20 Å². The van der Waals surface area contributed by atoms with E-state index in [-0.39, 0.29) is 6.03 Å². The molecular formula is C17H25N5O2. The second-order valence-corrected chi connectivity index (χ2v) is 6.84. The number of hydrogen-bond donors (Lipinski definition) is 1. The maximum Gasteiger partial charge on any atom is 0.317 e. The first-order valence-corrected chi connectivity index (χ1v) is 9.02. The van der Waals surface area contributed by atoms with Gasteiger partial charge in [0.2, 0.25) is 5.95 Å². The first-order valence-electron chi connectivity index (χ1n) is 9.02. The van der Waals surface area contributed by atoms with Crippen molar-refractivity contribution >= 4 is 12.0 Å². The lowest BCUT2D eigenvalue weighted by atomic mass is 10.1. The fourth-order valence-electron chi connectivity index (χ4n) is 3.72. The molecule has 1 aromatic heterocycles. The van der Waals surface area contributed by atoms with Crippen molar-refractivity contribution in [1.82, 2.24) is 20.2 Å². The average molecular weight is 331 g/mol. The molecule has 1 N–H and O–H groups in total. The number of aromatic nitrogens is 2. The summed E-state index contributed by atoms with van der Waals surface area (Å²) >= 11 is 0. The SMILES string of the molecule is O=C(NC1CCCC1)N1CCc2cnc(N3CCOCC3)nc2C1. The molecule has 1 aromatic rings. The number of nitrogens with one attached hydrogen (secondary N) is 1. The number of amides is 2. The van der Waals surface area contributed by atoms with Crippen LogP contribution in [0.2, 0.25) is 0 Å².